The second kappa shape index (κ2) is 5.79. The maximum Gasteiger partial charge on any atom is 0.238 e. The van der Waals surface area contributed by atoms with Crippen molar-refractivity contribution in [3.8, 4) is 0 Å². The van der Waals surface area contributed by atoms with Crippen molar-refractivity contribution in [3.63, 3.8) is 0 Å². The number of nitrogens with one attached hydrogen (secondary N) is 1. The van der Waals surface area contributed by atoms with Crippen molar-refractivity contribution in [2.24, 2.45) is 5.14 Å². The molecule has 0 aliphatic heterocycles. The highest BCUT2D eigenvalue weighted by Gasteiger charge is 2.15. The highest BCUT2D eigenvalue weighted by molar-refractivity contribution is 7.89. The Hall–Kier alpha value is -1.37. The lowest BCUT2D eigenvalue weighted by Gasteiger charge is -2.19. The van der Waals surface area contributed by atoms with E-state index < -0.39 is 10.0 Å². The molecule has 6 heteroatoms. The molecule has 1 atom stereocenters. The SMILES string of the molecule is Cc1ccsc1C(C)Nc1cc(S(N)(=O)=O)cc(C)c1C. The minimum Gasteiger partial charge on any atom is -0.377 e. The molecule has 0 aliphatic rings. The minimum absolute atomic E-state index is 0.110. The minimum atomic E-state index is -3.70. The quantitative estimate of drug-likeness (QED) is 0.904. The summed E-state index contributed by atoms with van der Waals surface area (Å²) in [4.78, 5) is 1.39. The fourth-order valence-electron chi connectivity index (χ4n) is 2.27. The van der Waals surface area contributed by atoms with Gasteiger partial charge in [0.2, 0.25) is 10.0 Å². The van der Waals surface area contributed by atoms with Gasteiger partial charge in [-0.1, -0.05) is 0 Å². The molecule has 1 heterocycles. The van der Waals surface area contributed by atoms with Gasteiger partial charge in [0.1, 0.15) is 0 Å². The molecule has 0 saturated carbocycles. The van der Waals surface area contributed by atoms with E-state index in [0.29, 0.717) is 0 Å². The number of benzene rings is 1. The number of hydrogen-bond acceptors (Lipinski definition) is 4. The van der Waals surface area contributed by atoms with Crippen molar-refractivity contribution in [2.45, 2.75) is 38.6 Å². The highest BCUT2D eigenvalue weighted by atomic mass is 32.2. The third-order valence-corrected chi connectivity index (χ3v) is 5.73. The van der Waals surface area contributed by atoms with E-state index in [-0.39, 0.29) is 10.9 Å². The van der Waals surface area contributed by atoms with Crippen molar-refractivity contribution in [2.75, 3.05) is 5.32 Å². The molecule has 1 unspecified atom stereocenters. The van der Waals surface area contributed by atoms with E-state index >= 15 is 0 Å². The smallest absolute Gasteiger partial charge is 0.238 e. The van der Waals surface area contributed by atoms with E-state index in [9.17, 15) is 8.42 Å². The molecule has 0 amide bonds. The van der Waals surface area contributed by atoms with Gasteiger partial charge in [-0.05, 0) is 68.0 Å². The van der Waals surface area contributed by atoms with Crippen LogP contribution in [0.1, 0.15) is 34.5 Å². The molecule has 0 radical (unpaired) electrons. The molecule has 3 N–H and O–H groups in total. The first-order valence-corrected chi connectivity index (χ1v) is 9.07. The molecule has 114 valence electrons. The molecule has 0 spiro atoms. The Kier molecular flexibility index (Phi) is 4.41. The van der Waals surface area contributed by atoms with E-state index in [0.717, 1.165) is 16.8 Å². The maximum atomic E-state index is 11.6. The first kappa shape index (κ1) is 16.0. The lowest BCUT2D eigenvalue weighted by molar-refractivity contribution is 0.597. The second-order valence-corrected chi connectivity index (χ2v) is 7.80. The third kappa shape index (κ3) is 3.45. The van der Waals surface area contributed by atoms with Crippen molar-refractivity contribution < 1.29 is 8.42 Å². The van der Waals surface area contributed by atoms with Crippen LogP contribution < -0.4 is 10.5 Å². The third-order valence-electron chi connectivity index (χ3n) is 3.64. The van der Waals surface area contributed by atoms with Crippen molar-refractivity contribution >= 4 is 27.0 Å². The Morgan fingerprint density at radius 2 is 1.86 bits per heavy atom. The first-order valence-electron chi connectivity index (χ1n) is 6.64. The fourth-order valence-corrected chi connectivity index (χ4v) is 3.83. The Labute approximate surface area is 130 Å². The highest BCUT2D eigenvalue weighted by Crippen LogP contribution is 2.30. The zero-order valence-corrected chi connectivity index (χ0v) is 14.2. The molecular formula is C15H20N2O2S2. The predicted molar refractivity (Wildman–Crippen MR) is 88.4 cm³/mol. The normalized spacial score (nSPS) is 13.2. The van der Waals surface area contributed by atoms with Crippen LogP contribution in [0.3, 0.4) is 0 Å². The molecule has 2 rings (SSSR count). The summed E-state index contributed by atoms with van der Waals surface area (Å²) >= 11 is 1.69. The van der Waals surface area contributed by atoms with Crippen LogP contribution in [0.25, 0.3) is 0 Å². The number of rotatable bonds is 4. The number of primary sulfonamides is 1. The van der Waals surface area contributed by atoms with Crippen LogP contribution in [0.4, 0.5) is 5.69 Å². The molecule has 4 nitrogen and oxygen atoms in total. The molecule has 0 aliphatic carbocycles. The van der Waals surface area contributed by atoms with E-state index in [1.165, 1.54) is 10.4 Å². The van der Waals surface area contributed by atoms with Crippen LogP contribution in [0, 0.1) is 20.8 Å². The van der Waals surface area contributed by atoms with E-state index in [2.05, 4.69) is 30.6 Å². The monoisotopic (exact) mass is 324 g/mol. The lowest BCUT2D eigenvalue weighted by Crippen LogP contribution is -2.14. The van der Waals surface area contributed by atoms with Crippen LogP contribution in [0.5, 0.6) is 0 Å². The molecule has 0 fully saturated rings. The molecule has 0 saturated heterocycles. The maximum absolute atomic E-state index is 11.6. The molecular weight excluding hydrogens is 304 g/mol. The number of hydrogen-bond donors (Lipinski definition) is 2. The predicted octanol–water partition coefficient (Wildman–Crippen LogP) is 3.49. The van der Waals surface area contributed by atoms with Crippen molar-refractivity contribution in [3.05, 3.63) is 45.1 Å². The molecule has 21 heavy (non-hydrogen) atoms. The zero-order chi connectivity index (χ0) is 15.8. The second-order valence-electron chi connectivity index (χ2n) is 5.29. The van der Waals surface area contributed by atoms with E-state index in [1.54, 1.807) is 23.5 Å². The summed E-state index contributed by atoms with van der Waals surface area (Å²) in [5, 5.41) is 10.7. The van der Waals surface area contributed by atoms with Gasteiger partial charge >= 0.3 is 0 Å². The van der Waals surface area contributed by atoms with E-state index in [1.807, 2.05) is 13.8 Å². The molecule has 2 aromatic rings. The van der Waals surface area contributed by atoms with Crippen LogP contribution in [-0.4, -0.2) is 8.42 Å². The molecule has 0 bridgehead atoms. The summed E-state index contributed by atoms with van der Waals surface area (Å²) < 4.78 is 23.1. The zero-order valence-electron chi connectivity index (χ0n) is 12.6. The molecule has 1 aromatic heterocycles. The average molecular weight is 324 g/mol. The summed E-state index contributed by atoms with van der Waals surface area (Å²) in [5.41, 5.74) is 3.97. The van der Waals surface area contributed by atoms with Gasteiger partial charge in [0, 0.05) is 10.6 Å². The van der Waals surface area contributed by atoms with Crippen LogP contribution in [0.2, 0.25) is 0 Å². The van der Waals surface area contributed by atoms with Gasteiger partial charge < -0.3 is 5.32 Å². The largest absolute Gasteiger partial charge is 0.377 e. The van der Waals surface area contributed by atoms with Gasteiger partial charge in [-0.15, -0.1) is 11.3 Å². The number of thiophene rings is 1. The number of sulfonamides is 1. The topological polar surface area (TPSA) is 72.2 Å². The summed E-state index contributed by atoms with van der Waals surface area (Å²) in [5.74, 6) is 0. The lowest BCUT2D eigenvalue weighted by atomic mass is 10.1. The van der Waals surface area contributed by atoms with E-state index in [4.69, 9.17) is 5.14 Å². The number of aryl methyl sites for hydroxylation is 2. The Balaban J connectivity index is 2.40. The van der Waals surface area contributed by atoms with Gasteiger partial charge in [-0.2, -0.15) is 0 Å². The number of anilines is 1. The average Bonchev–Trinajstić information content (AvgIpc) is 2.79. The standard InChI is InChI=1S/C15H20N2O2S2/c1-9-5-6-20-15(9)12(4)17-14-8-13(21(16,18)19)7-10(2)11(14)3/h5-8,12,17H,1-4H3,(H2,16,18,19). The van der Waals surface area contributed by atoms with Crippen molar-refractivity contribution in [1.29, 1.82) is 0 Å². The van der Waals surface area contributed by atoms with Gasteiger partial charge in [0.25, 0.3) is 0 Å². The summed E-state index contributed by atoms with van der Waals surface area (Å²) in [6.07, 6.45) is 0. The Morgan fingerprint density at radius 1 is 1.19 bits per heavy atom. The Morgan fingerprint density at radius 3 is 2.38 bits per heavy atom. The summed E-state index contributed by atoms with van der Waals surface area (Å²) in [7, 11) is -3.70. The van der Waals surface area contributed by atoms with Crippen molar-refractivity contribution in [1.82, 2.24) is 0 Å². The van der Waals surface area contributed by atoms with Crippen LogP contribution >= 0.6 is 11.3 Å². The van der Waals surface area contributed by atoms with Gasteiger partial charge in [-0.3, -0.25) is 0 Å². The van der Waals surface area contributed by atoms with Gasteiger partial charge in [0.05, 0.1) is 10.9 Å². The number of nitrogens with two attached hydrogens (primary N) is 1. The molecule has 1 aromatic carbocycles. The summed E-state index contributed by atoms with van der Waals surface area (Å²) in [6.45, 7) is 7.99. The van der Waals surface area contributed by atoms with Crippen LogP contribution in [-0.2, 0) is 10.0 Å². The first-order chi connectivity index (χ1) is 9.70. The van der Waals surface area contributed by atoms with Crippen LogP contribution in [0.15, 0.2) is 28.5 Å². The summed E-state index contributed by atoms with van der Waals surface area (Å²) in [6, 6.07) is 5.41. The Bertz CT molecular complexity index is 764. The van der Waals surface area contributed by atoms with Gasteiger partial charge in [-0.25, -0.2) is 13.6 Å². The van der Waals surface area contributed by atoms with Gasteiger partial charge in [0.15, 0.2) is 0 Å². The fraction of sp³-hybridized carbons (Fsp3) is 0.333.